The molecule has 0 fully saturated rings. The molecule has 13 heavy (non-hydrogen) atoms. The zero-order valence-corrected chi connectivity index (χ0v) is 6.37. The number of halogens is 5. The number of rotatable bonds is 1. The van der Waals surface area contributed by atoms with E-state index in [-0.39, 0.29) is 13.2 Å². The summed E-state index contributed by atoms with van der Waals surface area (Å²) < 4.78 is 64.1. The average Bonchev–Trinajstić information content (AvgIpc) is 2.04. The molecule has 0 aromatic carbocycles. The van der Waals surface area contributed by atoms with Crippen molar-refractivity contribution < 1.29 is 26.7 Å². The van der Waals surface area contributed by atoms with Gasteiger partial charge in [0.1, 0.15) is 0 Å². The molecule has 0 aliphatic carbocycles. The highest BCUT2D eigenvalue weighted by Crippen LogP contribution is 2.37. The molecule has 0 radical (unpaired) electrons. The first-order chi connectivity index (χ1) is 5.86. The maximum Gasteiger partial charge on any atom is 0.463 e. The summed E-state index contributed by atoms with van der Waals surface area (Å²) in [5.74, 6) is -6.49. The Balaban J connectivity index is 2.85. The van der Waals surface area contributed by atoms with E-state index in [1.165, 1.54) is 0 Å². The normalized spacial score (nSPS) is 19.3. The van der Waals surface area contributed by atoms with Crippen LogP contribution >= 0.6 is 0 Å². The largest absolute Gasteiger partial charge is 0.476 e. The third-order valence-electron chi connectivity index (χ3n) is 1.42. The van der Waals surface area contributed by atoms with E-state index in [1.54, 1.807) is 0 Å². The fourth-order valence-electron chi connectivity index (χ4n) is 0.771. The predicted molar refractivity (Wildman–Crippen MR) is 33.9 cm³/mol. The van der Waals surface area contributed by atoms with Gasteiger partial charge in [0, 0.05) is 13.0 Å². The molecule has 0 amide bonds. The Morgan fingerprint density at radius 1 is 1.15 bits per heavy atom. The first kappa shape index (κ1) is 10.2. The molecule has 0 aromatic rings. The van der Waals surface area contributed by atoms with Crippen molar-refractivity contribution >= 4 is 5.90 Å². The van der Waals surface area contributed by atoms with E-state index in [4.69, 9.17) is 0 Å². The van der Waals surface area contributed by atoms with Gasteiger partial charge in [-0.2, -0.15) is 22.0 Å². The summed E-state index contributed by atoms with van der Waals surface area (Å²) >= 11 is 0. The molecule has 76 valence electrons. The lowest BCUT2D eigenvalue weighted by molar-refractivity contribution is -0.255. The van der Waals surface area contributed by atoms with Gasteiger partial charge >= 0.3 is 12.1 Å². The lowest BCUT2D eigenvalue weighted by Gasteiger charge is -2.23. The van der Waals surface area contributed by atoms with E-state index in [0.717, 1.165) is 0 Å². The molecule has 2 nitrogen and oxygen atoms in total. The van der Waals surface area contributed by atoms with E-state index >= 15 is 0 Å². The monoisotopic (exact) mass is 203 g/mol. The molecule has 1 aliphatic rings. The highest BCUT2D eigenvalue weighted by atomic mass is 19.4. The molecule has 1 rings (SSSR count). The van der Waals surface area contributed by atoms with Crippen molar-refractivity contribution in [2.75, 3.05) is 13.2 Å². The summed E-state index contributed by atoms with van der Waals surface area (Å²) in [5.41, 5.74) is 0. The van der Waals surface area contributed by atoms with Crippen LogP contribution in [-0.4, -0.2) is 31.1 Å². The Kier molecular flexibility index (Phi) is 2.44. The van der Waals surface area contributed by atoms with Crippen LogP contribution in [0.15, 0.2) is 4.99 Å². The van der Waals surface area contributed by atoms with Gasteiger partial charge in [0.2, 0.25) is 0 Å². The Hall–Kier alpha value is -0.880. The molecule has 0 bridgehead atoms. The van der Waals surface area contributed by atoms with Crippen LogP contribution < -0.4 is 0 Å². The van der Waals surface area contributed by atoms with Crippen LogP contribution in [0.5, 0.6) is 0 Å². The van der Waals surface area contributed by atoms with Crippen LogP contribution in [0.1, 0.15) is 6.42 Å². The number of aliphatic imine (C=N–C) groups is 1. The first-order valence-corrected chi connectivity index (χ1v) is 3.48. The summed E-state index contributed by atoms with van der Waals surface area (Å²) in [6.07, 6.45) is -5.28. The fourth-order valence-corrected chi connectivity index (χ4v) is 0.771. The molecule has 0 unspecified atom stereocenters. The SMILES string of the molecule is FC(F)(F)C(F)(F)C1=NCCCO1. The second kappa shape index (κ2) is 3.12. The maximum absolute atomic E-state index is 12.4. The van der Waals surface area contributed by atoms with Crippen LogP contribution in [0.4, 0.5) is 22.0 Å². The number of nitrogens with zero attached hydrogens (tertiary/aromatic N) is 1. The zero-order chi connectivity index (χ0) is 10.1. The summed E-state index contributed by atoms with van der Waals surface area (Å²) in [6, 6.07) is 0. The number of hydrogen-bond donors (Lipinski definition) is 0. The minimum Gasteiger partial charge on any atom is -0.476 e. The topological polar surface area (TPSA) is 21.6 Å². The summed E-state index contributed by atoms with van der Waals surface area (Å²) in [7, 11) is 0. The number of hydrogen-bond acceptors (Lipinski definition) is 2. The molecule has 0 spiro atoms. The average molecular weight is 203 g/mol. The van der Waals surface area contributed by atoms with E-state index in [1.807, 2.05) is 0 Å². The molecule has 1 heterocycles. The van der Waals surface area contributed by atoms with Gasteiger partial charge in [-0.1, -0.05) is 0 Å². The molecule has 0 atom stereocenters. The van der Waals surface area contributed by atoms with Crippen molar-refractivity contribution in [3.63, 3.8) is 0 Å². The molecule has 7 heteroatoms. The number of alkyl halides is 5. The van der Waals surface area contributed by atoms with E-state index in [2.05, 4.69) is 9.73 Å². The molecule has 0 saturated heterocycles. The van der Waals surface area contributed by atoms with Crippen molar-refractivity contribution in [1.82, 2.24) is 0 Å². The molecule has 0 saturated carbocycles. The quantitative estimate of drug-likeness (QED) is 0.597. The molecule has 1 aliphatic heterocycles. The van der Waals surface area contributed by atoms with E-state index in [0.29, 0.717) is 6.42 Å². The van der Waals surface area contributed by atoms with Gasteiger partial charge in [-0.05, 0) is 0 Å². The van der Waals surface area contributed by atoms with Gasteiger partial charge in [-0.3, -0.25) is 0 Å². The van der Waals surface area contributed by atoms with E-state index in [9.17, 15) is 22.0 Å². The van der Waals surface area contributed by atoms with Crippen molar-refractivity contribution in [3.05, 3.63) is 0 Å². The Morgan fingerprint density at radius 3 is 2.15 bits per heavy atom. The van der Waals surface area contributed by atoms with Gasteiger partial charge in [-0.15, -0.1) is 0 Å². The maximum atomic E-state index is 12.4. The highest BCUT2D eigenvalue weighted by Gasteiger charge is 2.63. The minimum absolute atomic E-state index is 0.0546. The van der Waals surface area contributed by atoms with Crippen LogP contribution in [-0.2, 0) is 4.74 Å². The Morgan fingerprint density at radius 2 is 1.77 bits per heavy atom. The smallest absolute Gasteiger partial charge is 0.463 e. The second-order valence-corrected chi connectivity index (χ2v) is 2.46. The second-order valence-electron chi connectivity index (χ2n) is 2.46. The summed E-state index contributed by atoms with van der Waals surface area (Å²) in [6.45, 7) is -0.203. The molecule has 0 N–H and O–H groups in total. The molecular weight excluding hydrogens is 197 g/mol. The van der Waals surface area contributed by atoms with Crippen LogP contribution in [0.25, 0.3) is 0 Å². The Bertz CT molecular complexity index is 222. The number of ether oxygens (including phenoxy) is 1. The van der Waals surface area contributed by atoms with Gasteiger partial charge in [0.25, 0.3) is 5.90 Å². The van der Waals surface area contributed by atoms with Crippen molar-refractivity contribution in [1.29, 1.82) is 0 Å². The summed E-state index contributed by atoms with van der Waals surface area (Å²) in [5, 5.41) is 0. The van der Waals surface area contributed by atoms with Crippen LogP contribution in [0.2, 0.25) is 0 Å². The fraction of sp³-hybridized carbons (Fsp3) is 0.833. The van der Waals surface area contributed by atoms with Crippen molar-refractivity contribution in [3.8, 4) is 0 Å². The van der Waals surface area contributed by atoms with Gasteiger partial charge < -0.3 is 4.74 Å². The van der Waals surface area contributed by atoms with E-state index < -0.39 is 18.0 Å². The van der Waals surface area contributed by atoms with Crippen molar-refractivity contribution in [2.24, 2.45) is 4.99 Å². The summed E-state index contributed by atoms with van der Waals surface area (Å²) in [4.78, 5) is 2.99. The van der Waals surface area contributed by atoms with Crippen molar-refractivity contribution in [2.45, 2.75) is 18.5 Å². The zero-order valence-electron chi connectivity index (χ0n) is 6.37. The minimum atomic E-state index is -5.64. The standard InChI is InChI=1S/C6H6F5NO/c7-5(8,6(9,10)11)4-12-2-1-3-13-4/h1-3H2. The van der Waals surface area contributed by atoms with Crippen LogP contribution in [0.3, 0.4) is 0 Å². The van der Waals surface area contributed by atoms with Gasteiger partial charge in [0.15, 0.2) is 0 Å². The van der Waals surface area contributed by atoms with Gasteiger partial charge in [0.05, 0.1) is 6.61 Å². The third-order valence-corrected chi connectivity index (χ3v) is 1.42. The lowest BCUT2D eigenvalue weighted by Crippen LogP contribution is -2.46. The molecule has 0 aromatic heterocycles. The Labute approximate surface area is 70.4 Å². The van der Waals surface area contributed by atoms with Crippen LogP contribution in [0, 0.1) is 0 Å². The molecular formula is C6H6F5NO. The highest BCUT2D eigenvalue weighted by molar-refractivity contribution is 5.84. The third kappa shape index (κ3) is 1.89. The van der Waals surface area contributed by atoms with Gasteiger partial charge in [-0.25, -0.2) is 4.99 Å². The first-order valence-electron chi connectivity index (χ1n) is 3.48. The predicted octanol–water partition coefficient (Wildman–Crippen LogP) is 2.00. The lowest BCUT2D eigenvalue weighted by atomic mass is 10.3.